The first-order valence-corrected chi connectivity index (χ1v) is 7.86. The lowest BCUT2D eigenvalue weighted by molar-refractivity contribution is 0.0139. The minimum absolute atomic E-state index is 0.802. The van der Waals surface area contributed by atoms with Crippen LogP contribution >= 0.6 is 0 Å². The standard InChI is InChI=1S/C15H28N2/c16-11-13-6-3-9-15(13)17-10-4-7-12-5-1-2-8-14(12)17/h12-15H,1-11,16H2. The molecule has 3 aliphatic rings. The third-order valence-corrected chi connectivity index (χ3v) is 5.63. The van der Waals surface area contributed by atoms with Crippen molar-refractivity contribution in [1.29, 1.82) is 0 Å². The summed E-state index contributed by atoms with van der Waals surface area (Å²) in [7, 11) is 0. The van der Waals surface area contributed by atoms with Crippen molar-refractivity contribution < 1.29 is 0 Å². The fraction of sp³-hybridized carbons (Fsp3) is 1.00. The molecule has 1 heterocycles. The second kappa shape index (κ2) is 5.27. The number of nitrogens with two attached hydrogens (primary N) is 1. The van der Waals surface area contributed by atoms with E-state index in [1.54, 1.807) is 0 Å². The Kier molecular flexibility index (Phi) is 3.72. The minimum Gasteiger partial charge on any atom is -0.330 e. The predicted molar refractivity (Wildman–Crippen MR) is 71.9 cm³/mol. The maximum atomic E-state index is 5.97. The lowest BCUT2D eigenvalue weighted by atomic mass is 9.77. The average Bonchev–Trinajstić information content (AvgIpc) is 2.86. The molecule has 98 valence electrons. The fourth-order valence-electron chi connectivity index (χ4n) is 4.80. The van der Waals surface area contributed by atoms with Gasteiger partial charge in [-0.05, 0) is 63.5 Å². The molecule has 4 atom stereocenters. The summed E-state index contributed by atoms with van der Waals surface area (Å²) < 4.78 is 0. The summed E-state index contributed by atoms with van der Waals surface area (Å²) >= 11 is 0. The molecule has 2 nitrogen and oxygen atoms in total. The SMILES string of the molecule is NCC1CCCC1N1CCCC2CCCCC21. The Hall–Kier alpha value is -0.0800. The van der Waals surface area contributed by atoms with Crippen molar-refractivity contribution in [3.63, 3.8) is 0 Å². The maximum Gasteiger partial charge on any atom is 0.0139 e. The highest BCUT2D eigenvalue weighted by atomic mass is 15.2. The number of rotatable bonds is 2. The fourth-order valence-corrected chi connectivity index (χ4v) is 4.80. The molecule has 2 heteroatoms. The average molecular weight is 236 g/mol. The van der Waals surface area contributed by atoms with E-state index in [0.717, 1.165) is 30.5 Å². The molecule has 17 heavy (non-hydrogen) atoms. The molecule has 3 rings (SSSR count). The maximum absolute atomic E-state index is 5.97. The highest BCUT2D eigenvalue weighted by Crippen LogP contribution is 2.40. The number of fused-ring (bicyclic) bond motifs is 1. The van der Waals surface area contributed by atoms with E-state index in [2.05, 4.69) is 4.90 Å². The normalized spacial score (nSPS) is 43.6. The summed E-state index contributed by atoms with van der Waals surface area (Å²) in [4.78, 5) is 2.90. The van der Waals surface area contributed by atoms with Crippen LogP contribution in [0.5, 0.6) is 0 Å². The van der Waals surface area contributed by atoms with Gasteiger partial charge < -0.3 is 5.73 Å². The molecule has 0 aromatic carbocycles. The number of piperidine rings is 1. The van der Waals surface area contributed by atoms with Gasteiger partial charge >= 0.3 is 0 Å². The molecule has 2 saturated carbocycles. The van der Waals surface area contributed by atoms with Crippen LogP contribution in [0.15, 0.2) is 0 Å². The molecule has 3 fully saturated rings. The number of nitrogens with zero attached hydrogens (tertiary/aromatic N) is 1. The Morgan fingerprint density at radius 2 is 1.59 bits per heavy atom. The van der Waals surface area contributed by atoms with Crippen LogP contribution in [0.2, 0.25) is 0 Å². The van der Waals surface area contributed by atoms with Gasteiger partial charge in [-0.2, -0.15) is 0 Å². The van der Waals surface area contributed by atoms with Crippen LogP contribution in [0.3, 0.4) is 0 Å². The number of likely N-dealkylation sites (tertiary alicyclic amines) is 1. The second-order valence-corrected chi connectivity index (χ2v) is 6.49. The second-order valence-electron chi connectivity index (χ2n) is 6.49. The summed E-state index contributed by atoms with van der Waals surface area (Å²) in [6.45, 7) is 2.28. The molecule has 1 aliphatic heterocycles. The molecule has 0 bridgehead atoms. The summed E-state index contributed by atoms with van der Waals surface area (Å²) in [6, 6.07) is 1.76. The topological polar surface area (TPSA) is 29.3 Å². The Morgan fingerprint density at radius 3 is 2.47 bits per heavy atom. The zero-order valence-corrected chi connectivity index (χ0v) is 11.1. The van der Waals surface area contributed by atoms with E-state index in [1.807, 2.05) is 0 Å². The molecule has 0 aromatic heterocycles. The van der Waals surface area contributed by atoms with Crippen LogP contribution in [0, 0.1) is 11.8 Å². The zero-order valence-electron chi connectivity index (χ0n) is 11.1. The lowest BCUT2D eigenvalue weighted by Gasteiger charge is -2.48. The summed E-state index contributed by atoms with van der Waals surface area (Å²) in [5.41, 5.74) is 5.97. The van der Waals surface area contributed by atoms with Crippen molar-refractivity contribution in [2.75, 3.05) is 13.1 Å². The Balaban J connectivity index is 1.72. The van der Waals surface area contributed by atoms with Crippen LogP contribution < -0.4 is 5.73 Å². The van der Waals surface area contributed by atoms with E-state index in [1.165, 1.54) is 64.3 Å². The summed E-state index contributed by atoms with van der Waals surface area (Å²) in [5, 5.41) is 0. The third-order valence-electron chi connectivity index (χ3n) is 5.63. The first-order valence-electron chi connectivity index (χ1n) is 7.86. The van der Waals surface area contributed by atoms with Gasteiger partial charge in [-0.3, -0.25) is 4.90 Å². The molecule has 2 aliphatic carbocycles. The first-order chi connectivity index (χ1) is 8.40. The Morgan fingerprint density at radius 1 is 0.824 bits per heavy atom. The van der Waals surface area contributed by atoms with Crippen molar-refractivity contribution >= 4 is 0 Å². The molecule has 0 radical (unpaired) electrons. The van der Waals surface area contributed by atoms with E-state index >= 15 is 0 Å². The van der Waals surface area contributed by atoms with E-state index < -0.39 is 0 Å². The van der Waals surface area contributed by atoms with E-state index in [0.29, 0.717) is 0 Å². The van der Waals surface area contributed by atoms with Crippen molar-refractivity contribution in [2.24, 2.45) is 17.6 Å². The number of hydrogen-bond donors (Lipinski definition) is 1. The summed E-state index contributed by atoms with van der Waals surface area (Å²) in [5.74, 6) is 1.83. The van der Waals surface area contributed by atoms with Gasteiger partial charge in [0, 0.05) is 12.1 Å². The molecule has 0 amide bonds. The molecule has 0 aromatic rings. The predicted octanol–water partition coefficient (Wildman–Crippen LogP) is 2.77. The smallest absolute Gasteiger partial charge is 0.0139 e. The minimum atomic E-state index is 0.802. The monoisotopic (exact) mass is 236 g/mol. The van der Waals surface area contributed by atoms with Crippen LogP contribution in [-0.2, 0) is 0 Å². The number of hydrogen-bond acceptors (Lipinski definition) is 2. The van der Waals surface area contributed by atoms with Gasteiger partial charge in [0.1, 0.15) is 0 Å². The van der Waals surface area contributed by atoms with Crippen LogP contribution in [-0.4, -0.2) is 30.1 Å². The molecule has 4 unspecified atom stereocenters. The van der Waals surface area contributed by atoms with Gasteiger partial charge in [0.2, 0.25) is 0 Å². The molecule has 2 N–H and O–H groups in total. The Bertz CT molecular complexity index is 249. The molecule has 1 saturated heterocycles. The largest absolute Gasteiger partial charge is 0.330 e. The highest BCUT2D eigenvalue weighted by Gasteiger charge is 2.40. The van der Waals surface area contributed by atoms with Crippen LogP contribution in [0.1, 0.15) is 57.8 Å². The van der Waals surface area contributed by atoms with Crippen molar-refractivity contribution in [3.05, 3.63) is 0 Å². The van der Waals surface area contributed by atoms with E-state index in [9.17, 15) is 0 Å². The lowest BCUT2D eigenvalue weighted by Crippen LogP contribution is -2.53. The molecule has 0 spiro atoms. The first kappa shape index (κ1) is 12.0. The Labute approximate surface area is 106 Å². The van der Waals surface area contributed by atoms with Crippen LogP contribution in [0.4, 0.5) is 0 Å². The molecular weight excluding hydrogens is 208 g/mol. The van der Waals surface area contributed by atoms with Gasteiger partial charge in [-0.15, -0.1) is 0 Å². The van der Waals surface area contributed by atoms with Gasteiger partial charge in [-0.1, -0.05) is 19.3 Å². The quantitative estimate of drug-likeness (QED) is 0.799. The van der Waals surface area contributed by atoms with Gasteiger partial charge in [0.25, 0.3) is 0 Å². The van der Waals surface area contributed by atoms with Gasteiger partial charge in [0.15, 0.2) is 0 Å². The van der Waals surface area contributed by atoms with Crippen molar-refractivity contribution in [2.45, 2.75) is 69.9 Å². The van der Waals surface area contributed by atoms with E-state index in [4.69, 9.17) is 5.73 Å². The zero-order chi connectivity index (χ0) is 11.7. The van der Waals surface area contributed by atoms with Crippen molar-refractivity contribution in [1.82, 2.24) is 4.90 Å². The molecular formula is C15H28N2. The van der Waals surface area contributed by atoms with Gasteiger partial charge in [0.05, 0.1) is 0 Å². The van der Waals surface area contributed by atoms with Crippen LogP contribution in [0.25, 0.3) is 0 Å². The summed E-state index contributed by atoms with van der Waals surface area (Å²) in [6.07, 6.45) is 13.1. The van der Waals surface area contributed by atoms with E-state index in [-0.39, 0.29) is 0 Å². The van der Waals surface area contributed by atoms with Crippen molar-refractivity contribution in [3.8, 4) is 0 Å². The van der Waals surface area contributed by atoms with Gasteiger partial charge in [-0.25, -0.2) is 0 Å². The third kappa shape index (κ3) is 2.26. The highest BCUT2D eigenvalue weighted by molar-refractivity contribution is 4.95.